The molecule has 142 valence electrons. The SMILES string of the molecule is Cn1ccn(-c2[c-]c(-n3ccn(C)[cH+]3)c3c(c2)C(C)(C)c2ccccc2-3)[cH+]1.[Os]. The Kier molecular flexibility index (Phi) is 4.40. The van der Waals surface area contributed by atoms with Crippen molar-refractivity contribution in [3.63, 3.8) is 0 Å². The van der Waals surface area contributed by atoms with Gasteiger partial charge < -0.3 is 0 Å². The van der Waals surface area contributed by atoms with Gasteiger partial charge in [0.25, 0.3) is 0 Å². The van der Waals surface area contributed by atoms with E-state index < -0.39 is 0 Å². The molecule has 5 heteroatoms. The minimum absolute atomic E-state index is 0. The van der Waals surface area contributed by atoms with Crippen molar-refractivity contribution in [1.82, 2.24) is 18.3 Å². The maximum atomic E-state index is 3.68. The number of fused-ring (bicyclic) bond motifs is 3. The van der Waals surface area contributed by atoms with Crippen molar-refractivity contribution in [2.45, 2.75) is 19.3 Å². The molecule has 0 saturated heterocycles. The topological polar surface area (TPSA) is 19.7 Å². The molecule has 0 N–H and O–H groups in total. The fourth-order valence-corrected chi connectivity index (χ4v) is 4.22. The zero-order chi connectivity index (χ0) is 18.8. The number of aromatic nitrogens is 4. The summed E-state index contributed by atoms with van der Waals surface area (Å²) in [4.78, 5) is 0. The van der Waals surface area contributed by atoms with Gasteiger partial charge >= 0.3 is 0 Å². The fraction of sp³-hybridized carbons (Fsp3) is 0.217. The monoisotopic (exact) mass is 547 g/mol. The van der Waals surface area contributed by atoms with Crippen molar-refractivity contribution in [1.29, 1.82) is 0 Å². The first-order valence-electron chi connectivity index (χ1n) is 9.23. The molecule has 0 unspecified atom stereocenters. The van der Waals surface area contributed by atoms with Crippen molar-refractivity contribution in [2.75, 3.05) is 0 Å². The van der Waals surface area contributed by atoms with E-state index in [1.165, 1.54) is 22.3 Å². The van der Waals surface area contributed by atoms with Crippen molar-refractivity contribution in [2.24, 2.45) is 14.1 Å². The first kappa shape index (κ1) is 18.8. The van der Waals surface area contributed by atoms with E-state index in [0.29, 0.717) is 0 Å². The molecule has 1 aliphatic rings. The summed E-state index contributed by atoms with van der Waals surface area (Å²) in [6.45, 7) is 4.63. The average Bonchev–Trinajstić information content (AvgIpc) is 3.33. The predicted molar refractivity (Wildman–Crippen MR) is 108 cm³/mol. The Bertz CT molecular complexity index is 1180. The van der Waals surface area contributed by atoms with Crippen LogP contribution in [0.3, 0.4) is 0 Å². The molecule has 1 aliphatic carbocycles. The third kappa shape index (κ3) is 2.69. The second-order valence-electron chi connectivity index (χ2n) is 7.94. The molecule has 0 radical (unpaired) electrons. The first-order valence-corrected chi connectivity index (χ1v) is 9.23. The van der Waals surface area contributed by atoms with Gasteiger partial charge in [0.2, 0.25) is 0 Å². The number of benzene rings is 2. The second kappa shape index (κ2) is 6.53. The summed E-state index contributed by atoms with van der Waals surface area (Å²) in [6, 6.07) is 14.7. The van der Waals surface area contributed by atoms with Gasteiger partial charge in [-0.2, -0.15) is 0 Å². The van der Waals surface area contributed by atoms with Gasteiger partial charge in [0.1, 0.15) is 24.8 Å². The Morgan fingerprint density at radius 1 is 0.857 bits per heavy atom. The molecule has 4 aromatic rings. The Balaban J connectivity index is 0.00000192. The minimum atomic E-state index is -0.0464. The van der Waals surface area contributed by atoms with E-state index in [9.17, 15) is 0 Å². The Morgan fingerprint density at radius 3 is 2.14 bits per heavy atom. The molecule has 2 aromatic heterocycles. The van der Waals surface area contributed by atoms with Gasteiger partial charge in [-0.1, -0.05) is 55.3 Å². The molecule has 2 heterocycles. The summed E-state index contributed by atoms with van der Waals surface area (Å²) in [5.74, 6) is 0. The molecule has 0 spiro atoms. The summed E-state index contributed by atoms with van der Waals surface area (Å²) >= 11 is 0. The molecule has 0 aliphatic heterocycles. The van der Waals surface area contributed by atoms with Crippen molar-refractivity contribution < 1.29 is 19.8 Å². The van der Waals surface area contributed by atoms with Gasteiger partial charge in [-0.3, -0.25) is 9.13 Å². The van der Waals surface area contributed by atoms with Crippen LogP contribution in [0.25, 0.3) is 22.5 Å². The molecule has 0 atom stereocenters. The van der Waals surface area contributed by atoms with Gasteiger partial charge in [0, 0.05) is 45.3 Å². The van der Waals surface area contributed by atoms with Gasteiger partial charge in [0.15, 0.2) is 12.7 Å². The van der Waals surface area contributed by atoms with Gasteiger partial charge in [-0.25, -0.2) is 9.13 Å². The van der Waals surface area contributed by atoms with E-state index in [-0.39, 0.29) is 25.2 Å². The van der Waals surface area contributed by atoms with E-state index in [0.717, 1.165) is 11.4 Å². The number of hydrogen-bond donors (Lipinski definition) is 0. The molecule has 0 saturated carbocycles. The molecule has 4 nitrogen and oxygen atoms in total. The molecular formula is C23H23N4Os+. The molecule has 0 fully saturated rings. The van der Waals surface area contributed by atoms with Crippen LogP contribution in [-0.2, 0) is 39.3 Å². The number of aryl methyl sites for hydroxylation is 2. The average molecular weight is 546 g/mol. The summed E-state index contributed by atoms with van der Waals surface area (Å²) < 4.78 is 8.42. The predicted octanol–water partition coefficient (Wildman–Crippen LogP) is 4.61. The van der Waals surface area contributed by atoms with Crippen LogP contribution >= 0.6 is 0 Å². The third-order valence-corrected chi connectivity index (χ3v) is 5.65. The number of hydrogen-bond acceptors (Lipinski definition) is 0. The van der Waals surface area contributed by atoms with Crippen molar-refractivity contribution in [3.05, 3.63) is 85.0 Å². The molecule has 2 aromatic carbocycles. The van der Waals surface area contributed by atoms with Crippen LogP contribution < -0.4 is 0 Å². The van der Waals surface area contributed by atoms with E-state index >= 15 is 0 Å². The molecule has 0 bridgehead atoms. The van der Waals surface area contributed by atoms with E-state index in [1.54, 1.807) is 0 Å². The zero-order valence-corrected chi connectivity index (χ0v) is 19.0. The fourth-order valence-electron chi connectivity index (χ4n) is 4.22. The van der Waals surface area contributed by atoms with E-state index in [2.05, 4.69) is 106 Å². The molecule has 28 heavy (non-hydrogen) atoms. The number of imidazole rings is 2. The van der Waals surface area contributed by atoms with Crippen LogP contribution in [0.15, 0.2) is 67.8 Å². The quantitative estimate of drug-likeness (QED) is 0.328. The Morgan fingerprint density at radius 2 is 1.50 bits per heavy atom. The maximum absolute atomic E-state index is 3.68. The van der Waals surface area contributed by atoms with Gasteiger partial charge in [-0.05, 0) is 17.0 Å². The minimum Gasteiger partial charge on any atom is -0.255 e. The normalized spacial score (nSPS) is 13.7. The van der Waals surface area contributed by atoms with Crippen LogP contribution in [0, 0.1) is 6.07 Å². The van der Waals surface area contributed by atoms with Crippen LogP contribution in [-0.4, -0.2) is 18.3 Å². The van der Waals surface area contributed by atoms with E-state index in [4.69, 9.17) is 0 Å². The standard InChI is InChI=1S/C23H23N4.Os/c1-23(2)19-8-6-5-7-18(19)22-20(23)13-17(26-11-9-24(3)15-26)14-21(22)27-12-10-25(4)16-27;/h5-13,15-16H,1-4H3;/q+1;. The zero-order valence-electron chi connectivity index (χ0n) is 16.5. The van der Waals surface area contributed by atoms with Crippen LogP contribution in [0.1, 0.15) is 25.0 Å². The Labute approximate surface area is 178 Å². The Hall–Kier alpha value is -2.50. The van der Waals surface area contributed by atoms with Crippen LogP contribution in [0.4, 0.5) is 0 Å². The summed E-state index contributed by atoms with van der Waals surface area (Å²) in [5, 5.41) is 0. The van der Waals surface area contributed by atoms with E-state index in [1.807, 2.05) is 14.1 Å². The second-order valence-corrected chi connectivity index (χ2v) is 7.94. The number of nitrogens with zero attached hydrogens (tertiary/aromatic N) is 4. The maximum Gasteiger partial charge on any atom is 0.163 e. The summed E-state index contributed by atoms with van der Waals surface area (Å²) in [7, 11) is 4.08. The molecule has 0 amide bonds. The van der Waals surface area contributed by atoms with Crippen LogP contribution in [0.2, 0.25) is 0 Å². The third-order valence-electron chi connectivity index (χ3n) is 5.65. The largest absolute Gasteiger partial charge is 0.255 e. The summed E-state index contributed by atoms with van der Waals surface area (Å²) in [5.41, 5.74) is 7.42. The van der Waals surface area contributed by atoms with Crippen molar-refractivity contribution >= 4 is 0 Å². The summed E-state index contributed by atoms with van der Waals surface area (Å²) in [6.07, 6.45) is 12.5. The smallest absolute Gasteiger partial charge is 0.163 e. The molecular weight excluding hydrogens is 523 g/mol. The number of rotatable bonds is 2. The van der Waals surface area contributed by atoms with Gasteiger partial charge in [0.05, 0.1) is 0 Å². The van der Waals surface area contributed by atoms with Crippen molar-refractivity contribution in [3.8, 4) is 22.5 Å². The first-order chi connectivity index (χ1) is 12.9. The molecule has 5 rings (SSSR count). The van der Waals surface area contributed by atoms with Crippen LogP contribution in [0.5, 0.6) is 0 Å². The van der Waals surface area contributed by atoms with Gasteiger partial charge in [-0.15, -0.1) is 5.56 Å².